The lowest BCUT2D eigenvalue weighted by atomic mass is 9.91. The maximum absolute atomic E-state index is 2.39. The zero-order valence-electron chi connectivity index (χ0n) is 8.64. The van der Waals surface area contributed by atoms with E-state index in [1.165, 1.54) is 11.1 Å². The minimum Gasteiger partial charge on any atom is -0.0804 e. The molecule has 0 spiro atoms. The van der Waals surface area contributed by atoms with Crippen molar-refractivity contribution in [1.82, 2.24) is 0 Å². The van der Waals surface area contributed by atoms with Crippen LogP contribution in [0.3, 0.4) is 0 Å². The fourth-order valence-corrected chi connectivity index (χ4v) is 2.36. The monoisotopic (exact) mass is 194 g/mol. The molecule has 1 aromatic rings. The van der Waals surface area contributed by atoms with Gasteiger partial charge in [-0.05, 0) is 23.5 Å². The van der Waals surface area contributed by atoms with Crippen LogP contribution in [0.15, 0.2) is 60.7 Å². The van der Waals surface area contributed by atoms with Gasteiger partial charge in [0.05, 0.1) is 0 Å². The van der Waals surface area contributed by atoms with E-state index in [0.29, 0.717) is 11.8 Å². The Hall–Kier alpha value is -1.56. The summed E-state index contributed by atoms with van der Waals surface area (Å²) in [5.41, 5.74) is 2.82. The number of benzene rings is 1. The van der Waals surface area contributed by atoms with Crippen molar-refractivity contribution < 1.29 is 0 Å². The summed E-state index contributed by atoms with van der Waals surface area (Å²) in [5.74, 6) is 1.12. The molecular weight excluding hydrogens is 180 g/mol. The maximum Gasteiger partial charge on any atom is 0.0201 e. The molecule has 0 amide bonds. The summed E-state index contributed by atoms with van der Waals surface area (Å²) in [4.78, 5) is 0. The molecule has 3 aliphatic carbocycles. The summed E-state index contributed by atoms with van der Waals surface area (Å²) < 4.78 is 0. The van der Waals surface area contributed by atoms with Gasteiger partial charge in [0.25, 0.3) is 0 Å². The molecule has 15 heavy (non-hydrogen) atoms. The molecule has 3 aliphatic rings. The standard InChI is InChI=1S/C15H14/c1-2-4-13(5-3-1)15-11-8-12-6-9-14(15)10-7-12/h1-7,9-12,14H,8H2. The molecule has 0 saturated heterocycles. The van der Waals surface area contributed by atoms with Gasteiger partial charge < -0.3 is 0 Å². The fraction of sp³-hybridized carbons (Fsp3) is 0.200. The van der Waals surface area contributed by atoms with Crippen molar-refractivity contribution >= 4 is 5.57 Å². The maximum atomic E-state index is 2.39. The van der Waals surface area contributed by atoms with Gasteiger partial charge in [0.1, 0.15) is 0 Å². The largest absolute Gasteiger partial charge is 0.0804 e. The van der Waals surface area contributed by atoms with Crippen LogP contribution in [0, 0.1) is 11.8 Å². The van der Waals surface area contributed by atoms with Crippen molar-refractivity contribution in [3.8, 4) is 0 Å². The molecule has 0 aromatic heterocycles. The Balaban J connectivity index is 2.03. The van der Waals surface area contributed by atoms with E-state index in [1.807, 2.05) is 0 Å². The topological polar surface area (TPSA) is 0 Å². The van der Waals surface area contributed by atoms with Gasteiger partial charge in [-0.15, -0.1) is 0 Å². The third-order valence-electron chi connectivity index (χ3n) is 3.21. The summed E-state index contributed by atoms with van der Waals surface area (Å²) in [7, 11) is 0. The second kappa shape index (κ2) is 3.54. The highest BCUT2D eigenvalue weighted by molar-refractivity contribution is 5.71. The lowest BCUT2D eigenvalue weighted by molar-refractivity contribution is 0.820. The van der Waals surface area contributed by atoms with E-state index in [9.17, 15) is 0 Å². The molecule has 0 atom stereocenters. The first-order valence-corrected chi connectivity index (χ1v) is 5.55. The summed E-state index contributed by atoms with van der Waals surface area (Å²) in [5, 5.41) is 0. The van der Waals surface area contributed by atoms with Crippen molar-refractivity contribution in [2.75, 3.05) is 0 Å². The molecular formula is C15H14. The van der Waals surface area contributed by atoms with Crippen LogP contribution >= 0.6 is 0 Å². The van der Waals surface area contributed by atoms with Crippen LogP contribution in [0.5, 0.6) is 0 Å². The van der Waals surface area contributed by atoms with Crippen molar-refractivity contribution in [3.05, 3.63) is 66.3 Å². The first-order valence-electron chi connectivity index (χ1n) is 5.55. The van der Waals surface area contributed by atoms with Gasteiger partial charge in [-0.3, -0.25) is 0 Å². The molecule has 74 valence electrons. The third-order valence-corrected chi connectivity index (χ3v) is 3.21. The second-order valence-electron chi connectivity index (χ2n) is 4.22. The predicted molar refractivity (Wildman–Crippen MR) is 64.3 cm³/mol. The Morgan fingerprint density at radius 1 is 0.867 bits per heavy atom. The smallest absolute Gasteiger partial charge is 0.0201 e. The summed E-state index contributed by atoms with van der Waals surface area (Å²) in [6.45, 7) is 0. The molecule has 0 radical (unpaired) electrons. The van der Waals surface area contributed by atoms with E-state index in [0.717, 1.165) is 6.42 Å². The van der Waals surface area contributed by atoms with Crippen LogP contribution in [-0.4, -0.2) is 0 Å². The normalized spacial score (nSPS) is 27.6. The SMILES string of the molecule is C1=CC2C=CC1CC=C2c1ccccc1. The second-order valence-corrected chi connectivity index (χ2v) is 4.22. The van der Waals surface area contributed by atoms with Gasteiger partial charge in [0.15, 0.2) is 0 Å². The third kappa shape index (κ3) is 1.56. The Kier molecular flexibility index (Phi) is 2.06. The first-order chi connectivity index (χ1) is 7.43. The number of rotatable bonds is 1. The molecule has 0 unspecified atom stereocenters. The molecule has 0 saturated carbocycles. The highest BCUT2D eigenvalue weighted by Gasteiger charge is 2.18. The number of hydrogen-bond donors (Lipinski definition) is 0. The Labute approximate surface area is 90.6 Å². The quantitative estimate of drug-likeness (QED) is 0.596. The molecule has 0 aliphatic heterocycles. The fourth-order valence-electron chi connectivity index (χ4n) is 2.36. The first kappa shape index (κ1) is 8.72. The van der Waals surface area contributed by atoms with E-state index in [2.05, 4.69) is 60.7 Å². The molecule has 2 bridgehead atoms. The molecule has 1 aromatic carbocycles. The zero-order chi connectivity index (χ0) is 10.1. The van der Waals surface area contributed by atoms with Crippen molar-refractivity contribution in [2.45, 2.75) is 6.42 Å². The van der Waals surface area contributed by atoms with Crippen LogP contribution in [0.4, 0.5) is 0 Å². The molecule has 0 heteroatoms. The van der Waals surface area contributed by atoms with Gasteiger partial charge in [0, 0.05) is 5.92 Å². The highest BCUT2D eigenvalue weighted by atomic mass is 14.2. The van der Waals surface area contributed by atoms with Crippen LogP contribution in [0.2, 0.25) is 0 Å². The minimum absolute atomic E-state index is 0.492. The zero-order valence-corrected chi connectivity index (χ0v) is 8.64. The number of allylic oxidation sites excluding steroid dienone is 6. The van der Waals surface area contributed by atoms with Crippen molar-refractivity contribution in [1.29, 1.82) is 0 Å². The van der Waals surface area contributed by atoms with Gasteiger partial charge in [0.2, 0.25) is 0 Å². The van der Waals surface area contributed by atoms with Gasteiger partial charge in [-0.25, -0.2) is 0 Å². The van der Waals surface area contributed by atoms with E-state index >= 15 is 0 Å². The summed E-state index contributed by atoms with van der Waals surface area (Å²) >= 11 is 0. The van der Waals surface area contributed by atoms with E-state index in [4.69, 9.17) is 0 Å². The molecule has 0 nitrogen and oxygen atoms in total. The average molecular weight is 194 g/mol. The van der Waals surface area contributed by atoms with Crippen LogP contribution in [-0.2, 0) is 0 Å². The van der Waals surface area contributed by atoms with Crippen molar-refractivity contribution in [3.63, 3.8) is 0 Å². The lowest BCUT2D eigenvalue weighted by Crippen LogP contribution is -1.98. The minimum atomic E-state index is 0.492. The van der Waals surface area contributed by atoms with Gasteiger partial charge in [-0.1, -0.05) is 60.7 Å². The Morgan fingerprint density at radius 2 is 1.60 bits per heavy atom. The Bertz CT molecular complexity index is 420. The van der Waals surface area contributed by atoms with E-state index in [-0.39, 0.29) is 0 Å². The number of hydrogen-bond acceptors (Lipinski definition) is 0. The van der Waals surface area contributed by atoms with Crippen LogP contribution < -0.4 is 0 Å². The van der Waals surface area contributed by atoms with E-state index in [1.54, 1.807) is 0 Å². The van der Waals surface area contributed by atoms with Crippen LogP contribution in [0.25, 0.3) is 5.57 Å². The van der Waals surface area contributed by atoms with Crippen LogP contribution in [0.1, 0.15) is 12.0 Å². The average Bonchev–Trinajstić information content (AvgIpc) is 2.63. The molecule has 4 rings (SSSR count). The highest BCUT2D eigenvalue weighted by Crippen LogP contribution is 2.34. The van der Waals surface area contributed by atoms with Crippen molar-refractivity contribution in [2.24, 2.45) is 11.8 Å². The van der Waals surface area contributed by atoms with Gasteiger partial charge in [-0.2, -0.15) is 0 Å². The summed E-state index contributed by atoms with van der Waals surface area (Å²) in [6, 6.07) is 10.7. The summed E-state index contributed by atoms with van der Waals surface area (Å²) in [6.07, 6.45) is 12.9. The molecule has 0 N–H and O–H groups in total. The van der Waals surface area contributed by atoms with Gasteiger partial charge >= 0.3 is 0 Å². The predicted octanol–water partition coefficient (Wildman–Crippen LogP) is 3.83. The Morgan fingerprint density at radius 3 is 2.33 bits per heavy atom. The lowest BCUT2D eigenvalue weighted by Gasteiger charge is -2.14. The van der Waals surface area contributed by atoms with E-state index < -0.39 is 0 Å². The number of fused-ring (bicyclic) bond motifs is 1. The molecule has 0 heterocycles. The molecule has 0 fully saturated rings.